The predicted molar refractivity (Wildman–Crippen MR) is 88.1 cm³/mol. The second kappa shape index (κ2) is 6.72. The molecule has 2 heterocycles. The maximum atomic E-state index is 12.3. The van der Waals surface area contributed by atoms with Gasteiger partial charge in [-0.3, -0.25) is 4.79 Å². The minimum absolute atomic E-state index is 0.0627. The number of nitrogens with zero attached hydrogens (tertiary/aromatic N) is 1. The normalized spacial score (nSPS) is 10.5. The highest BCUT2D eigenvalue weighted by Gasteiger charge is 2.10. The van der Waals surface area contributed by atoms with Crippen molar-refractivity contribution >= 4 is 23.1 Å². The number of rotatable bonds is 5. The van der Waals surface area contributed by atoms with Crippen molar-refractivity contribution in [3.63, 3.8) is 0 Å². The van der Waals surface area contributed by atoms with Gasteiger partial charge in [-0.05, 0) is 44.0 Å². The van der Waals surface area contributed by atoms with Gasteiger partial charge in [-0.15, -0.1) is 11.3 Å². The smallest absolute Gasteiger partial charge is 0.251 e. The van der Waals surface area contributed by atoms with Crippen LogP contribution in [0.25, 0.3) is 0 Å². The first kappa shape index (κ1) is 15.5. The Labute approximate surface area is 129 Å². The van der Waals surface area contributed by atoms with Gasteiger partial charge in [0.2, 0.25) is 0 Å². The molecule has 2 aromatic rings. The number of aromatic nitrogens is 1. The maximum Gasteiger partial charge on any atom is 0.251 e. The van der Waals surface area contributed by atoms with Crippen molar-refractivity contribution in [2.45, 2.75) is 33.7 Å². The van der Waals surface area contributed by atoms with Gasteiger partial charge in [0, 0.05) is 28.1 Å². The standard InChI is InChI=1S/C16H21N3OS/c1-5-13-7-12(8-15(17-4)19-13)16(20)18-9-14-6-10(2)11(3)21-14/h6-8H,5,9H2,1-4H3,(H,17,19)(H,18,20). The first-order valence-corrected chi connectivity index (χ1v) is 7.88. The molecule has 0 aromatic carbocycles. The highest BCUT2D eigenvalue weighted by Crippen LogP contribution is 2.20. The van der Waals surface area contributed by atoms with Gasteiger partial charge in [-0.2, -0.15) is 0 Å². The monoisotopic (exact) mass is 303 g/mol. The topological polar surface area (TPSA) is 54.0 Å². The second-order valence-corrected chi connectivity index (χ2v) is 6.31. The van der Waals surface area contributed by atoms with Gasteiger partial charge in [0.05, 0.1) is 6.54 Å². The van der Waals surface area contributed by atoms with E-state index in [1.807, 2.05) is 13.0 Å². The van der Waals surface area contributed by atoms with Crippen LogP contribution in [0.1, 0.15) is 38.3 Å². The molecule has 0 atom stereocenters. The Morgan fingerprint density at radius 2 is 2.05 bits per heavy atom. The van der Waals surface area contributed by atoms with E-state index in [0.29, 0.717) is 12.1 Å². The molecule has 0 spiro atoms. The van der Waals surface area contributed by atoms with E-state index in [0.717, 1.165) is 17.9 Å². The summed E-state index contributed by atoms with van der Waals surface area (Å²) in [4.78, 5) is 19.2. The first-order valence-electron chi connectivity index (χ1n) is 7.06. The van der Waals surface area contributed by atoms with E-state index in [-0.39, 0.29) is 5.91 Å². The molecule has 0 aliphatic heterocycles. The number of amides is 1. The number of carbonyl (C=O) groups excluding carboxylic acids is 1. The van der Waals surface area contributed by atoms with Crippen molar-refractivity contribution in [1.29, 1.82) is 0 Å². The molecular formula is C16H21N3OS. The van der Waals surface area contributed by atoms with Crippen LogP contribution in [0.15, 0.2) is 18.2 Å². The number of hydrogen-bond acceptors (Lipinski definition) is 4. The van der Waals surface area contributed by atoms with E-state index in [1.54, 1.807) is 24.5 Å². The number of thiophene rings is 1. The Morgan fingerprint density at radius 3 is 2.62 bits per heavy atom. The predicted octanol–water partition coefficient (Wildman–Crippen LogP) is 3.29. The molecule has 2 rings (SSSR count). The lowest BCUT2D eigenvalue weighted by Crippen LogP contribution is -2.22. The Hall–Kier alpha value is -1.88. The van der Waals surface area contributed by atoms with E-state index in [2.05, 4.69) is 35.5 Å². The zero-order valence-electron chi connectivity index (χ0n) is 12.9. The zero-order valence-corrected chi connectivity index (χ0v) is 13.7. The van der Waals surface area contributed by atoms with Crippen LogP contribution in [0.5, 0.6) is 0 Å². The summed E-state index contributed by atoms with van der Waals surface area (Å²) in [6, 6.07) is 5.75. The quantitative estimate of drug-likeness (QED) is 0.891. The SMILES string of the molecule is CCc1cc(C(=O)NCc2cc(C)c(C)s2)cc(NC)n1. The molecule has 112 valence electrons. The fourth-order valence-corrected chi connectivity index (χ4v) is 3.03. The van der Waals surface area contributed by atoms with Gasteiger partial charge in [-0.25, -0.2) is 4.98 Å². The van der Waals surface area contributed by atoms with E-state index in [1.165, 1.54) is 15.3 Å². The summed E-state index contributed by atoms with van der Waals surface area (Å²) in [5.41, 5.74) is 2.84. The van der Waals surface area contributed by atoms with Crippen LogP contribution in [0.4, 0.5) is 5.82 Å². The molecule has 4 nitrogen and oxygen atoms in total. The number of hydrogen-bond donors (Lipinski definition) is 2. The van der Waals surface area contributed by atoms with Crippen LogP contribution in [-0.2, 0) is 13.0 Å². The third-order valence-corrected chi connectivity index (χ3v) is 4.55. The lowest BCUT2D eigenvalue weighted by Gasteiger charge is -2.08. The molecule has 0 aliphatic rings. The van der Waals surface area contributed by atoms with Crippen molar-refractivity contribution in [1.82, 2.24) is 10.3 Å². The molecule has 5 heteroatoms. The average molecular weight is 303 g/mol. The Kier molecular flexibility index (Phi) is 4.96. The van der Waals surface area contributed by atoms with Crippen LogP contribution < -0.4 is 10.6 Å². The van der Waals surface area contributed by atoms with Gasteiger partial charge in [-0.1, -0.05) is 6.92 Å². The third-order valence-electron chi connectivity index (χ3n) is 3.40. The molecule has 0 fully saturated rings. The average Bonchev–Trinajstić information content (AvgIpc) is 2.82. The molecule has 0 saturated carbocycles. The van der Waals surface area contributed by atoms with Crippen LogP contribution in [0.3, 0.4) is 0 Å². The summed E-state index contributed by atoms with van der Waals surface area (Å²) in [5.74, 6) is 0.662. The second-order valence-electron chi connectivity index (χ2n) is 4.97. The van der Waals surface area contributed by atoms with Crippen molar-refractivity contribution in [2.75, 3.05) is 12.4 Å². The maximum absolute atomic E-state index is 12.3. The van der Waals surface area contributed by atoms with Crippen molar-refractivity contribution in [2.24, 2.45) is 0 Å². The summed E-state index contributed by atoms with van der Waals surface area (Å²) >= 11 is 1.73. The van der Waals surface area contributed by atoms with Crippen molar-refractivity contribution < 1.29 is 4.79 Å². The number of nitrogens with one attached hydrogen (secondary N) is 2. The van der Waals surface area contributed by atoms with E-state index in [9.17, 15) is 4.79 Å². The lowest BCUT2D eigenvalue weighted by atomic mass is 10.2. The van der Waals surface area contributed by atoms with Gasteiger partial charge in [0.1, 0.15) is 5.82 Å². The van der Waals surface area contributed by atoms with Crippen LogP contribution in [0, 0.1) is 13.8 Å². The molecule has 1 amide bonds. The molecule has 0 radical (unpaired) electrons. The third kappa shape index (κ3) is 3.82. The summed E-state index contributed by atoms with van der Waals surface area (Å²) in [6.45, 7) is 6.78. The van der Waals surface area contributed by atoms with E-state index >= 15 is 0 Å². The Bertz CT molecular complexity index is 607. The van der Waals surface area contributed by atoms with Crippen LogP contribution >= 0.6 is 11.3 Å². The van der Waals surface area contributed by atoms with Gasteiger partial charge in [0.15, 0.2) is 0 Å². The van der Waals surface area contributed by atoms with Crippen molar-refractivity contribution in [3.05, 3.63) is 44.8 Å². The summed E-state index contributed by atoms with van der Waals surface area (Å²) < 4.78 is 0. The minimum atomic E-state index is -0.0627. The molecular weight excluding hydrogens is 282 g/mol. The fraction of sp³-hybridized carbons (Fsp3) is 0.375. The molecule has 0 bridgehead atoms. The Balaban J connectivity index is 2.09. The van der Waals surface area contributed by atoms with E-state index < -0.39 is 0 Å². The summed E-state index contributed by atoms with van der Waals surface area (Å²) in [5, 5.41) is 5.97. The highest BCUT2D eigenvalue weighted by molar-refractivity contribution is 7.12. The van der Waals surface area contributed by atoms with E-state index in [4.69, 9.17) is 0 Å². The van der Waals surface area contributed by atoms with Crippen molar-refractivity contribution in [3.8, 4) is 0 Å². The fourth-order valence-electron chi connectivity index (χ4n) is 2.03. The molecule has 0 unspecified atom stereocenters. The summed E-state index contributed by atoms with van der Waals surface area (Å²) in [6.07, 6.45) is 0.805. The summed E-state index contributed by atoms with van der Waals surface area (Å²) in [7, 11) is 1.81. The molecule has 21 heavy (non-hydrogen) atoms. The lowest BCUT2D eigenvalue weighted by molar-refractivity contribution is 0.0951. The Morgan fingerprint density at radius 1 is 1.29 bits per heavy atom. The van der Waals surface area contributed by atoms with Gasteiger partial charge >= 0.3 is 0 Å². The zero-order chi connectivity index (χ0) is 15.4. The minimum Gasteiger partial charge on any atom is -0.373 e. The van der Waals surface area contributed by atoms with Crippen LogP contribution in [0.2, 0.25) is 0 Å². The largest absolute Gasteiger partial charge is 0.373 e. The van der Waals surface area contributed by atoms with Crippen LogP contribution in [-0.4, -0.2) is 17.9 Å². The highest BCUT2D eigenvalue weighted by atomic mass is 32.1. The molecule has 2 N–H and O–H groups in total. The first-order chi connectivity index (χ1) is 10.0. The number of carbonyl (C=O) groups is 1. The van der Waals surface area contributed by atoms with Gasteiger partial charge in [0.25, 0.3) is 5.91 Å². The molecule has 2 aromatic heterocycles. The number of pyridine rings is 1. The number of anilines is 1. The van der Waals surface area contributed by atoms with Gasteiger partial charge < -0.3 is 10.6 Å². The molecule has 0 aliphatic carbocycles. The molecule has 0 saturated heterocycles. The number of aryl methyl sites for hydroxylation is 3.